The van der Waals surface area contributed by atoms with Crippen molar-refractivity contribution < 1.29 is 31.3 Å². The van der Waals surface area contributed by atoms with Gasteiger partial charge in [0.1, 0.15) is 17.7 Å². The number of alkyl halides is 1. The van der Waals surface area contributed by atoms with Gasteiger partial charge in [-0.15, -0.1) is 0 Å². The van der Waals surface area contributed by atoms with Gasteiger partial charge >= 0.3 is 0 Å². The highest BCUT2D eigenvalue weighted by Gasteiger charge is 2.60. The Morgan fingerprint density at radius 3 is 2.63 bits per heavy atom. The smallest absolute Gasteiger partial charge is 0.296 e. The third-order valence-electron chi connectivity index (χ3n) is 10.7. The highest BCUT2D eigenvalue weighted by Crippen LogP contribution is 2.62. The molecule has 2 aromatic carbocycles. The zero-order chi connectivity index (χ0) is 30.2. The number of carbonyl (C=O) groups excluding carboxylic acids is 1. The van der Waals surface area contributed by atoms with Gasteiger partial charge in [-0.2, -0.15) is 8.42 Å². The van der Waals surface area contributed by atoms with Gasteiger partial charge in [0.15, 0.2) is 6.29 Å². The fourth-order valence-electron chi connectivity index (χ4n) is 8.48. The molecule has 1 heterocycles. The van der Waals surface area contributed by atoms with E-state index < -0.39 is 21.7 Å². The van der Waals surface area contributed by atoms with E-state index in [0.717, 1.165) is 73.8 Å². The summed E-state index contributed by atoms with van der Waals surface area (Å²) < 4.78 is 58.6. The van der Waals surface area contributed by atoms with Gasteiger partial charge in [0.25, 0.3) is 10.1 Å². The molecule has 4 aliphatic rings. The van der Waals surface area contributed by atoms with Crippen LogP contribution in [0.5, 0.6) is 5.75 Å². The molecule has 0 amide bonds. The van der Waals surface area contributed by atoms with Crippen molar-refractivity contribution in [1.82, 2.24) is 0 Å². The zero-order valence-electron chi connectivity index (χ0n) is 25.4. The van der Waals surface area contributed by atoms with E-state index in [1.807, 2.05) is 19.9 Å². The van der Waals surface area contributed by atoms with E-state index in [9.17, 15) is 13.2 Å². The van der Waals surface area contributed by atoms with Gasteiger partial charge in [0.05, 0.1) is 18.1 Å². The molecule has 2 saturated carbocycles. The number of rotatable bonds is 10. The number of ether oxygens (including phenoxy) is 2. The molecule has 3 unspecified atom stereocenters. The average Bonchev–Trinajstić information content (AvgIpc) is 3.28. The number of hydrogen-bond acceptors (Lipinski definition) is 6. The Hall–Kier alpha value is -2.29. The largest absolute Gasteiger partial charge is 0.465 e. The SMILES string of the molecule is Cc1ccc(S(=O)(=O)OCCCCCC2Cc3cc(OC4CCCCO4)ccc3[C@H]3C(F)C[C@]4(C)C(=O)CC[C@H]4[C@H]23)cc1. The van der Waals surface area contributed by atoms with E-state index in [2.05, 4.69) is 12.1 Å². The van der Waals surface area contributed by atoms with Crippen molar-refractivity contribution in [1.29, 1.82) is 0 Å². The molecule has 2 aromatic rings. The van der Waals surface area contributed by atoms with Crippen molar-refractivity contribution >= 4 is 15.9 Å². The Labute approximate surface area is 255 Å². The Balaban J connectivity index is 1.14. The molecule has 0 radical (unpaired) electrons. The number of hydrogen-bond donors (Lipinski definition) is 0. The second kappa shape index (κ2) is 12.6. The molecule has 234 valence electrons. The average molecular weight is 613 g/mol. The molecule has 0 aromatic heterocycles. The van der Waals surface area contributed by atoms with Gasteiger partial charge in [-0.05, 0) is 105 Å². The van der Waals surface area contributed by atoms with Crippen LogP contribution in [0, 0.1) is 30.1 Å². The van der Waals surface area contributed by atoms with Crippen LogP contribution in [-0.4, -0.2) is 39.9 Å². The molecular formula is C35H45FO6S. The maximum absolute atomic E-state index is 16.2. The number of carbonyl (C=O) groups is 1. The molecule has 8 heteroatoms. The Kier molecular flexibility index (Phi) is 9.01. The topological polar surface area (TPSA) is 78.9 Å². The Morgan fingerprint density at radius 2 is 1.86 bits per heavy atom. The third-order valence-corrected chi connectivity index (χ3v) is 12.0. The van der Waals surface area contributed by atoms with Crippen LogP contribution in [0.3, 0.4) is 0 Å². The predicted octanol–water partition coefficient (Wildman–Crippen LogP) is 7.47. The fourth-order valence-corrected chi connectivity index (χ4v) is 9.42. The first-order chi connectivity index (χ1) is 20.7. The number of aryl methyl sites for hydroxylation is 1. The first-order valence-electron chi connectivity index (χ1n) is 16.2. The molecule has 3 aliphatic carbocycles. The lowest BCUT2D eigenvalue weighted by Crippen LogP contribution is -2.50. The summed E-state index contributed by atoms with van der Waals surface area (Å²) in [7, 11) is -3.77. The van der Waals surface area contributed by atoms with Crippen molar-refractivity contribution in [2.24, 2.45) is 23.2 Å². The van der Waals surface area contributed by atoms with E-state index in [-0.39, 0.29) is 47.2 Å². The molecular weight excluding hydrogens is 567 g/mol. The molecule has 3 fully saturated rings. The van der Waals surface area contributed by atoms with Crippen molar-refractivity contribution in [3.05, 3.63) is 59.2 Å². The fraction of sp³-hybridized carbons (Fsp3) is 0.629. The summed E-state index contributed by atoms with van der Waals surface area (Å²) in [6, 6.07) is 12.8. The molecule has 1 saturated heterocycles. The first-order valence-corrected chi connectivity index (χ1v) is 17.6. The number of halogens is 1. The van der Waals surface area contributed by atoms with E-state index in [0.29, 0.717) is 25.9 Å². The number of Topliss-reactive ketones (excluding diaryl/α,β-unsaturated/α-hetero) is 1. The number of unbranched alkanes of at least 4 members (excludes halogenated alkanes) is 2. The minimum Gasteiger partial charge on any atom is -0.465 e. The summed E-state index contributed by atoms with van der Waals surface area (Å²) in [6.45, 7) is 4.78. The highest BCUT2D eigenvalue weighted by atomic mass is 32.2. The molecule has 1 aliphatic heterocycles. The predicted molar refractivity (Wildman–Crippen MR) is 162 cm³/mol. The van der Waals surface area contributed by atoms with Crippen LogP contribution in [0.1, 0.15) is 93.7 Å². The van der Waals surface area contributed by atoms with Gasteiger partial charge < -0.3 is 9.47 Å². The lowest BCUT2D eigenvalue weighted by Gasteiger charge is -2.53. The molecule has 7 atom stereocenters. The van der Waals surface area contributed by atoms with Crippen LogP contribution in [0.15, 0.2) is 47.4 Å². The number of fused-ring (bicyclic) bond motifs is 5. The van der Waals surface area contributed by atoms with Gasteiger partial charge in [-0.3, -0.25) is 8.98 Å². The van der Waals surface area contributed by atoms with Crippen LogP contribution < -0.4 is 4.74 Å². The summed E-state index contributed by atoms with van der Waals surface area (Å²) in [5.74, 6) is 1.38. The number of ketones is 1. The molecule has 6 rings (SSSR count). The summed E-state index contributed by atoms with van der Waals surface area (Å²) in [6.07, 6.45) is 7.56. The van der Waals surface area contributed by atoms with Gasteiger partial charge in [-0.25, -0.2) is 4.39 Å². The minimum atomic E-state index is -3.77. The number of benzene rings is 2. The summed E-state index contributed by atoms with van der Waals surface area (Å²) in [5, 5.41) is 0. The van der Waals surface area contributed by atoms with Crippen LogP contribution in [0.2, 0.25) is 0 Å². The van der Waals surface area contributed by atoms with E-state index in [1.165, 1.54) is 0 Å². The molecule has 6 nitrogen and oxygen atoms in total. The molecule has 43 heavy (non-hydrogen) atoms. The van der Waals surface area contributed by atoms with Crippen LogP contribution >= 0.6 is 0 Å². The van der Waals surface area contributed by atoms with Crippen molar-refractivity contribution in [3.8, 4) is 5.75 Å². The second-order valence-corrected chi connectivity index (χ2v) is 15.1. The first kappa shape index (κ1) is 30.7. The Morgan fingerprint density at radius 1 is 1.05 bits per heavy atom. The summed E-state index contributed by atoms with van der Waals surface area (Å²) in [4.78, 5) is 13.2. The van der Waals surface area contributed by atoms with Crippen LogP contribution in [0.25, 0.3) is 0 Å². The zero-order valence-corrected chi connectivity index (χ0v) is 26.3. The molecule has 0 bridgehead atoms. The standard InChI is InChI=1S/C35H45FO6S/c1-23-10-13-27(14-11-23)43(38,39)41-19-6-3-4-8-24-20-25-21-26(42-32-9-5-7-18-40-32)12-15-28(25)34-30(36)22-35(2)29(33(24)34)16-17-31(35)37/h10-15,21,24,29-30,32-34H,3-9,16-20,22H2,1-2H3/t24?,29-,30?,32?,33-,34-,35-/m0/s1. The molecule has 0 N–H and O–H groups in total. The van der Waals surface area contributed by atoms with Crippen molar-refractivity contribution in [2.75, 3.05) is 13.2 Å². The van der Waals surface area contributed by atoms with Crippen molar-refractivity contribution in [2.45, 2.75) is 108 Å². The lowest BCUT2D eigenvalue weighted by molar-refractivity contribution is -0.132. The van der Waals surface area contributed by atoms with Gasteiger partial charge in [0, 0.05) is 24.2 Å². The van der Waals surface area contributed by atoms with Gasteiger partial charge in [-0.1, -0.05) is 43.5 Å². The van der Waals surface area contributed by atoms with Crippen LogP contribution in [0.4, 0.5) is 4.39 Å². The van der Waals surface area contributed by atoms with E-state index >= 15 is 4.39 Å². The second-order valence-electron chi connectivity index (χ2n) is 13.5. The van der Waals surface area contributed by atoms with Crippen molar-refractivity contribution in [3.63, 3.8) is 0 Å². The highest BCUT2D eigenvalue weighted by molar-refractivity contribution is 7.86. The lowest BCUT2D eigenvalue weighted by atomic mass is 9.51. The quantitative estimate of drug-likeness (QED) is 0.205. The van der Waals surface area contributed by atoms with Gasteiger partial charge in [0.2, 0.25) is 0 Å². The van der Waals surface area contributed by atoms with E-state index in [4.69, 9.17) is 13.7 Å². The van der Waals surface area contributed by atoms with E-state index in [1.54, 1.807) is 24.3 Å². The third kappa shape index (κ3) is 6.30. The normalized spacial score (nSPS) is 32.1. The maximum Gasteiger partial charge on any atom is 0.296 e. The summed E-state index contributed by atoms with van der Waals surface area (Å²) in [5.41, 5.74) is 2.66. The molecule has 0 spiro atoms. The minimum absolute atomic E-state index is 0.124. The summed E-state index contributed by atoms with van der Waals surface area (Å²) >= 11 is 0. The monoisotopic (exact) mass is 612 g/mol. The Bertz CT molecular complexity index is 1400. The van der Waals surface area contributed by atoms with Crippen LogP contribution in [-0.2, 0) is 30.3 Å². The maximum atomic E-state index is 16.2.